The molecule has 0 radical (unpaired) electrons. The van der Waals surface area contributed by atoms with E-state index in [1.165, 1.54) is 32.1 Å². The number of aromatic nitrogens is 2. The lowest BCUT2D eigenvalue weighted by atomic mass is 9.89. The molecule has 148 valence electrons. The van der Waals surface area contributed by atoms with Crippen LogP contribution in [0.15, 0.2) is 53.4 Å². The summed E-state index contributed by atoms with van der Waals surface area (Å²) in [5.74, 6) is 1.79. The Morgan fingerprint density at radius 3 is 2.54 bits per heavy atom. The van der Waals surface area contributed by atoms with Crippen molar-refractivity contribution >= 4 is 26.7 Å². The van der Waals surface area contributed by atoms with Crippen LogP contribution >= 0.6 is 0 Å². The van der Waals surface area contributed by atoms with Crippen LogP contribution < -0.4 is 4.72 Å². The molecule has 1 fully saturated rings. The first-order valence-corrected chi connectivity index (χ1v) is 11.6. The summed E-state index contributed by atoms with van der Waals surface area (Å²) in [5, 5.41) is 0. The van der Waals surface area contributed by atoms with Crippen molar-refractivity contribution < 1.29 is 8.42 Å². The molecule has 0 unspecified atom stereocenters. The number of rotatable bonds is 6. The zero-order chi connectivity index (χ0) is 19.6. The fourth-order valence-corrected chi connectivity index (χ4v) is 5.23. The minimum atomic E-state index is -3.60. The van der Waals surface area contributed by atoms with Crippen LogP contribution in [0.3, 0.4) is 0 Å². The SMILES string of the molecule is CCc1nc2cc(NS(=O)(=O)c3ccccc3)ccc2n1CC1CCCCC1. The molecule has 6 heteroatoms. The van der Waals surface area contributed by atoms with E-state index in [9.17, 15) is 8.42 Å². The van der Waals surface area contributed by atoms with E-state index in [2.05, 4.69) is 16.2 Å². The molecule has 1 heterocycles. The highest BCUT2D eigenvalue weighted by Crippen LogP contribution is 2.29. The quantitative estimate of drug-likeness (QED) is 0.638. The molecule has 28 heavy (non-hydrogen) atoms. The van der Waals surface area contributed by atoms with E-state index >= 15 is 0 Å². The number of anilines is 1. The first-order valence-electron chi connectivity index (χ1n) is 10.1. The van der Waals surface area contributed by atoms with Crippen LogP contribution in [0, 0.1) is 5.92 Å². The summed E-state index contributed by atoms with van der Waals surface area (Å²) in [5.41, 5.74) is 2.48. The standard InChI is InChI=1S/C22H27N3O2S/c1-2-22-23-20-15-18(24-28(26,27)19-11-7-4-8-12-19)13-14-21(20)25(22)16-17-9-5-3-6-10-17/h4,7-8,11-15,17,24H,2-3,5-6,9-10,16H2,1H3. The third kappa shape index (κ3) is 3.92. The maximum Gasteiger partial charge on any atom is 0.261 e. The molecule has 1 aliphatic carbocycles. The molecule has 0 spiro atoms. The third-order valence-corrected chi connectivity index (χ3v) is 7.01. The van der Waals surface area contributed by atoms with Gasteiger partial charge in [0.2, 0.25) is 0 Å². The van der Waals surface area contributed by atoms with E-state index in [4.69, 9.17) is 4.98 Å². The Morgan fingerprint density at radius 2 is 1.82 bits per heavy atom. The largest absolute Gasteiger partial charge is 0.328 e. The highest BCUT2D eigenvalue weighted by atomic mass is 32.2. The zero-order valence-corrected chi connectivity index (χ0v) is 17.1. The smallest absolute Gasteiger partial charge is 0.261 e. The van der Waals surface area contributed by atoms with Crippen LogP contribution in [-0.4, -0.2) is 18.0 Å². The van der Waals surface area contributed by atoms with Gasteiger partial charge in [0.25, 0.3) is 10.0 Å². The van der Waals surface area contributed by atoms with Gasteiger partial charge in [-0.2, -0.15) is 0 Å². The van der Waals surface area contributed by atoms with Crippen molar-refractivity contribution in [1.82, 2.24) is 9.55 Å². The number of aryl methyl sites for hydroxylation is 1. The van der Waals surface area contributed by atoms with Crippen LogP contribution in [0.4, 0.5) is 5.69 Å². The topological polar surface area (TPSA) is 64.0 Å². The van der Waals surface area contributed by atoms with Gasteiger partial charge < -0.3 is 4.57 Å². The molecule has 5 nitrogen and oxygen atoms in total. The fourth-order valence-electron chi connectivity index (χ4n) is 4.16. The lowest BCUT2D eigenvalue weighted by Crippen LogP contribution is -2.15. The van der Waals surface area contributed by atoms with Gasteiger partial charge in [-0.25, -0.2) is 13.4 Å². The molecule has 0 bridgehead atoms. The second-order valence-corrected chi connectivity index (χ2v) is 9.30. The predicted octanol–water partition coefficient (Wildman–Crippen LogP) is 4.98. The molecule has 3 aromatic rings. The number of hydrogen-bond donors (Lipinski definition) is 1. The summed E-state index contributed by atoms with van der Waals surface area (Å²) >= 11 is 0. The fraction of sp³-hybridized carbons (Fsp3) is 0.409. The average molecular weight is 398 g/mol. The maximum absolute atomic E-state index is 12.6. The van der Waals surface area contributed by atoms with Gasteiger partial charge in [-0.05, 0) is 49.1 Å². The van der Waals surface area contributed by atoms with Gasteiger partial charge in [-0.1, -0.05) is 44.4 Å². The van der Waals surface area contributed by atoms with Crippen molar-refractivity contribution in [3.63, 3.8) is 0 Å². The van der Waals surface area contributed by atoms with Crippen molar-refractivity contribution in [2.75, 3.05) is 4.72 Å². The van der Waals surface area contributed by atoms with Gasteiger partial charge in [-0.3, -0.25) is 4.72 Å². The van der Waals surface area contributed by atoms with E-state index < -0.39 is 10.0 Å². The minimum Gasteiger partial charge on any atom is -0.328 e. The van der Waals surface area contributed by atoms with E-state index in [1.54, 1.807) is 30.3 Å². The molecule has 0 saturated heterocycles. The first kappa shape index (κ1) is 19.0. The molecule has 1 saturated carbocycles. The normalized spacial score (nSPS) is 15.8. The van der Waals surface area contributed by atoms with E-state index in [0.29, 0.717) is 11.6 Å². The summed E-state index contributed by atoms with van der Waals surface area (Å²) < 4.78 is 30.2. The van der Waals surface area contributed by atoms with Gasteiger partial charge in [0.1, 0.15) is 5.82 Å². The van der Waals surface area contributed by atoms with Gasteiger partial charge in [0.05, 0.1) is 21.6 Å². The van der Waals surface area contributed by atoms with Crippen molar-refractivity contribution in [2.24, 2.45) is 5.92 Å². The van der Waals surface area contributed by atoms with E-state index in [1.807, 2.05) is 18.2 Å². The van der Waals surface area contributed by atoms with Gasteiger partial charge in [0.15, 0.2) is 0 Å². The van der Waals surface area contributed by atoms with Crippen molar-refractivity contribution in [3.05, 3.63) is 54.4 Å². The Labute approximate surface area is 166 Å². The minimum absolute atomic E-state index is 0.257. The number of benzene rings is 2. The van der Waals surface area contributed by atoms with Crippen molar-refractivity contribution in [3.8, 4) is 0 Å². The summed E-state index contributed by atoms with van der Waals surface area (Å²) in [7, 11) is -3.60. The van der Waals surface area contributed by atoms with Crippen LogP contribution in [0.2, 0.25) is 0 Å². The number of sulfonamides is 1. The molecule has 2 aromatic carbocycles. The molecule has 1 aromatic heterocycles. The maximum atomic E-state index is 12.6. The molecule has 0 amide bonds. The molecular weight excluding hydrogens is 370 g/mol. The molecule has 1 N–H and O–H groups in total. The number of hydrogen-bond acceptors (Lipinski definition) is 3. The van der Waals surface area contributed by atoms with Crippen molar-refractivity contribution in [2.45, 2.75) is 56.9 Å². The number of nitrogens with one attached hydrogen (secondary N) is 1. The van der Waals surface area contributed by atoms with Crippen LogP contribution in [0.5, 0.6) is 0 Å². The third-order valence-electron chi connectivity index (χ3n) is 5.61. The second-order valence-electron chi connectivity index (χ2n) is 7.62. The molecule has 4 rings (SSSR count). The Bertz CT molecular complexity index is 1050. The first-order chi connectivity index (χ1) is 13.6. The van der Waals surface area contributed by atoms with E-state index in [0.717, 1.165) is 29.8 Å². The highest BCUT2D eigenvalue weighted by Gasteiger charge is 2.19. The molecule has 0 aliphatic heterocycles. The number of imidazole rings is 1. The number of nitrogens with zero attached hydrogens (tertiary/aromatic N) is 2. The van der Waals surface area contributed by atoms with Crippen LogP contribution in [0.1, 0.15) is 44.9 Å². The molecule has 1 aliphatic rings. The Hall–Kier alpha value is -2.34. The number of fused-ring (bicyclic) bond motifs is 1. The van der Waals surface area contributed by atoms with Gasteiger partial charge in [-0.15, -0.1) is 0 Å². The molecule has 0 atom stereocenters. The van der Waals surface area contributed by atoms with Crippen LogP contribution in [0.25, 0.3) is 11.0 Å². The van der Waals surface area contributed by atoms with Crippen molar-refractivity contribution in [1.29, 1.82) is 0 Å². The second kappa shape index (κ2) is 7.95. The Balaban J connectivity index is 1.62. The summed E-state index contributed by atoms with van der Waals surface area (Å²) in [6, 6.07) is 14.1. The predicted molar refractivity (Wildman–Crippen MR) is 113 cm³/mol. The van der Waals surface area contributed by atoms with Crippen LogP contribution in [-0.2, 0) is 23.0 Å². The van der Waals surface area contributed by atoms with Gasteiger partial charge >= 0.3 is 0 Å². The lowest BCUT2D eigenvalue weighted by Gasteiger charge is -2.23. The van der Waals surface area contributed by atoms with E-state index in [-0.39, 0.29) is 4.90 Å². The summed E-state index contributed by atoms with van der Waals surface area (Å²) in [4.78, 5) is 5.04. The molecular formula is C22H27N3O2S. The van der Waals surface area contributed by atoms with Gasteiger partial charge in [0, 0.05) is 13.0 Å². The summed E-state index contributed by atoms with van der Waals surface area (Å²) in [6.07, 6.45) is 7.45. The summed E-state index contributed by atoms with van der Waals surface area (Å²) in [6.45, 7) is 3.13. The monoisotopic (exact) mass is 397 g/mol. The Morgan fingerprint density at radius 1 is 1.07 bits per heavy atom. The lowest BCUT2D eigenvalue weighted by molar-refractivity contribution is 0.319. The zero-order valence-electron chi connectivity index (χ0n) is 16.3. The average Bonchev–Trinajstić information content (AvgIpc) is 3.06. The Kier molecular flexibility index (Phi) is 5.40. The highest BCUT2D eigenvalue weighted by molar-refractivity contribution is 7.92.